The van der Waals surface area contributed by atoms with E-state index >= 15 is 0 Å². The number of hydrogen-bond donors (Lipinski definition) is 1. The monoisotopic (exact) mass is 306 g/mol. The summed E-state index contributed by atoms with van der Waals surface area (Å²) >= 11 is 1.97. The van der Waals surface area contributed by atoms with Gasteiger partial charge in [-0.25, -0.2) is 4.98 Å². The van der Waals surface area contributed by atoms with Crippen LogP contribution in [0.3, 0.4) is 0 Å². The zero-order chi connectivity index (χ0) is 15.6. The third-order valence-corrected chi connectivity index (χ3v) is 6.01. The van der Waals surface area contributed by atoms with Crippen LogP contribution in [-0.2, 0) is 0 Å². The molecule has 0 bridgehead atoms. The van der Waals surface area contributed by atoms with Gasteiger partial charge in [-0.3, -0.25) is 0 Å². The second kappa shape index (κ2) is 6.70. The van der Waals surface area contributed by atoms with Gasteiger partial charge in [-0.2, -0.15) is 0 Å². The molecule has 3 atom stereocenters. The van der Waals surface area contributed by atoms with Gasteiger partial charge in [0.05, 0.1) is 5.03 Å². The Morgan fingerprint density at radius 3 is 2.48 bits per heavy atom. The van der Waals surface area contributed by atoms with Crippen molar-refractivity contribution >= 4 is 11.8 Å². The van der Waals surface area contributed by atoms with Crippen LogP contribution < -0.4 is 5.32 Å². The van der Waals surface area contributed by atoms with Gasteiger partial charge in [-0.1, -0.05) is 20.8 Å². The van der Waals surface area contributed by atoms with Crippen LogP contribution in [-0.4, -0.2) is 23.3 Å². The fraction of sp³-hybridized carbons (Fsp3) is 0.722. The molecule has 0 radical (unpaired) electrons. The average Bonchev–Trinajstić information content (AvgIpc) is 2.36. The van der Waals surface area contributed by atoms with Crippen LogP contribution in [0.1, 0.15) is 51.3 Å². The molecule has 1 heterocycles. The van der Waals surface area contributed by atoms with Gasteiger partial charge < -0.3 is 5.32 Å². The van der Waals surface area contributed by atoms with E-state index in [0.29, 0.717) is 16.7 Å². The minimum absolute atomic E-state index is 0.410. The highest BCUT2D eigenvalue weighted by atomic mass is 32.2. The number of nitrogens with zero attached hydrogens (tertiary/aromatic N) is 1. The molecule has 21 heavy (non-hydrogen) atoms. The summed E-state index contributed by atoms with van der Waals surface area (Å²) in [6, 6.07) is 4.99. The predicted octanol–water partition coefficient (Wildman–Crippen LogP) is 4.59. The Bertz CT molecular complexity index is 458. The number of thioether (sulfide) groups is 1. The van der Waals surface area contributed by atoms with Crippen LogP contribution in [0.25, 0.3) is 0 Å². The van der Waals surface area contributed by atoms with Crippen molar-refractivity contribution in [2.45, 2.75) is 70.2 Å². The molecule has 0 spiro atoms. The Labute approximate surface area is 134 Å². The molecule has 2 rings (SSSR count). The van der Waals surface area contributed by atoms with E-state index in [0.717, 1.165) is 11.6 Å². The van der Waals surface area contributed by atoms with E-state index in [1.54, 1.807) is 0 Å². The lowest BCUT2D eigenvalue weighted by Crippen LogP contribution is -2.43. The van der Waals surface area contributed by atoms with Crippen molar-refractivity contribution in [3.05, 3.63) is 23.4 Å². The molecule has 1 fully saturated rings. The summed E-state index contributed by atoms with van der Waals surface area (Å²) in [5, 5.41) is 5.34. The molecular formula is C18H30N2S. The Hall–Kier alpha value is -0.540. The van der Waals surface area contributed by atoms with E-state index in [4.69, 9.17) is 4.98 Å². The fourth-order valence-electron chi connectivity index (χ4n) is 3.40. The smallest absolute Gasteiger partial charge is 0.0968 e. The van der Waals surface area contributed by atoms with Gasteiger partial charge in [-0.05, 0) is 69.2 Å². The van der Waals surface area contributed by atoms with E-state index in [1.165, 1.54) is 29.9 Å². The van der Waals surface area contributed by atoms with Crippen LogP contribution >= 0.6 is 11.8 Å². The van der Waals surface area contributed by atoms with E-state index < -0.39 is 0 Å². The minimum Gasteiger partial charge on any atom is -0.316 e. The van der Waals surface area contributed by atoms with E-state index in [-0.39, 0.29) is 0 Å². The zero-order valence-corrected chi connectivity index (χ0v) is 15.2. The molecule has 1 aromatic heterocycles. The predicted molar refractivity (Wildman–Crippen MR) is 93.0 cm³/mol. The largest absolute Gasteiger partial charge is 0.316 e. The molecule has 1 saturated carbocycles. The van der Waals surface area contributed by atoms with Crippen molar-refractivity contribution in [1.29, 1.82) is 0 Å². The molecule has 3 unspecified atom stereocenters. The molecule has 1 N–H and O–H groups in total. The first kappa shape index (κ1) is 16.8. The number of aryl methyl sites for hydroxylation is 2. The lowest BCUT2D eigenvalue weighted by molar-refractivity contribution is 0.167. The summed E-state index contributed by atoms with van der Waals surface area (Å²) in [6.07, 6.45) is 3.90. The van der Waals surface area contributed by atoms with Gasteiger partial charge in [-0.15, -0.1) is 11.8 Å². The van der Waals surface area contributed by atoms with Gasteiger partial charge in [0.25, 0.3) is 0 Å². The van der Waals surface area contributed by atoms with Gasteiger partial charge >= 0.3 is 0 Å². The molecule has 3 heteroatoms. The molecule has 1 aliphatic carbocycles. The van der Waals surface area contributed by atoms with E-state index in [2.05, 4.69) is 59.1 Å². The summed E-state index contributed by atoms with van der Waals surface area (Å²) in [6.45, 7) is 11.4. The number of pyridine rings is 1. The lowest BCUT2D eigenvalue weighted by Gasteiger charge is -2.41. The van der Waals surface area contributed by atoms with E-state index in [1.807, 2.05) is 11.8 Å². The highest BCUT2D eigenvalue weighted by molar-refractivity contribution is 7.99. The average molecular weight is 307 g/mol. The van der Waals surface area contributed by atoms with Gasteiger partial charge in [0.1, 0.15) is 0 Å². The highest BCUT2D eigenvalue weighted by Crippen LogP contribution is 2.43. The SMILES string of the molecule is CNC1CCC(C(C)(C)C)CC1Sc1cc(C)cc(C)n1. The summed E-state index contributed by atoms with van der Waals surface area (Å²) in [7, 11) is 2.10. The van der Waals surface area contributed by atoms with Crippen molar-refractivity contribution in [3.8, 4) is 0 Å². The molecule has 2 nitrogen and oxygen atoms in total. The van der Waals surface area contributed by atoms with Crippen molar-refractivity contribution in [3.63, 3.8) is 0 Å². The maximum absolute atomic E-state index is 4.72. The molecule has 1 aliphatic rings. The normalized spacial score (nSPS) is 26.9. The standard InChI is InChI=1S/C18H30N2S/c1-12-9-13(2)20-17(10-12)21-16-11-14(18(3,4)5)7-8-15(16)19-6/h9-10,14-16,19H,7-8,11H2,1-6H3. The number of rotatable bonds is 3. The third-order valence-electron chi connectivity index (χ3n) is 4.73. The molecule has 118 valence electrons. The van der Waals surface area contributed by atoms with E-state index in [9.17, 15) is 0 Å². The molecule has 0 saturated heterocycles. The van der Waals surface area contributed by atoms with Crippen LogP contribution in [0.5, 0.6) is 0 Å². The zero-order valence-electron chi connectivity index (χ0n) is 14.4. The Balaban J connectivity index is 2.14. The van der Waals surface area contributed by atoms with Crippen molar-refractivity contribution in [2.24, 2.45) is 11.3 Å². The quantitative estimate of drug-likeness (QED) is 0.884. The van der Waals surface area contributed by atoms with Crippen LogP contribution in [0.2, 0.25) is 0 Å². The van der Waals surface area contributed by atoms with Gasteiger partial charge in [0, 0.05) is 17.0 Å². The summed E-state index contributed by atoms with van der Waals surface area (Å²) < 4.78 is 0. The lowest BCUT2D eigenvalue weighted by atomic mass is 9.71. The Morgan fingerprint density at radius 2 is 1.90 bits per heavy atom. The second-order valence-electron chi connectivity index (χ2n) is 7.55. The van der Waals surface area contributed by atoms with Crippen molar-refractivity contribution in [2.75, 3.05) is 7.05 Å². The van der Waals surface area contributed by atoms with Crippen LogP contribution in [0, 0.1) is 25.2 Å². The van der Waals surface area contributed by atoms with Gasteiger partial charge in [0.2, 0.25) is 0 Å². The van der Waals surface area contributed by atoms with Crippen molar-refractivity contribution < 1.29 is 0 Å². The van der Waals surface area contributed by atoms with Crippen LogP contribution in [0.4, 0.5) is 0 Å². The highest BCUT2D eigenvalue weighted by Gasteiger charge is 2.35. The van der Waals surface area contributed by atoms with Crippen molar-refractivity contribution in [1.82, 2.24) is 10.3 Å². The topological polar surface area (TPSA) is 24.9 Å². The third kappa shape index (κ3) is 4.46. The van der Waals surface area contributed by atoms with Gasteiger partial charge in [0.15, 0.2) is 0 Å². The number of nitrogens with one attached hydrogen (secondary N) is 1. The number of aromatic nitrogens is 1. The molecular weight excluding hydrogens is 276 g/mol. The summed E-state index contributed by atoms with van der Waals surface area (Å²) in [4.78, 5) is 4.72. The first-order valence-electron chi connectivity index (χ1n) is 8.09. The molecule has 0 aliphatic heterocycles. The maximum Gasteiger partial charge on any atom is 0.0968 e. The summed E-state index contributed by atoms with van der Waals surface area (Å²) in [5.74, 6) is 0.811. The number of hydrogen-bond acceptors (Lipinski definition) is 3. The second-order valence-corrected chi connectivity index (χ2v) is 8.81. The van der Waals surface area contributed by atoms with Crippen LogP contribution in [0.15, 0.2) is 17.2 Å². The first-order valence-corrected chi connectivity index (χ1v) is 8.97. The first-order chi connectivity index (χ1) is 9.79. The molecule has 0 amide bonds. The Kier molecular flexibility index (Phi) is 5.37. The molecule has 0 aromatic carbocycles. The summed E-state index contributed by atoms with van der Waals surface area (Å²) in [5.41, 5.74) is 2.85. The Morgan fingerprint density at radius 1 is 1.19 bits per heavy atom. The molecule has 1 aromatic rings. The fourth-order valence-corrected chi connectivity index (χ4v) is 4.92. The minimum atomic E-state index is 0.410. The maximum atomic E-state index is 4.72.